The fourth-order valence-corrected chi connectivity index (χ4v) is 3.77. The van der Waals surface area contributed by atoms with E-state index in [1.807, 2.05) is 71.0 Å². The number of fused-ring (bicyclic) bond motifs is 1. The monoisotopic (exact) mass is 435 g/mol. The molecule has 1 unspecified atom stereocenters. The smallest absolute Gasteiger partial charge is 0.326 e. The number of furan rings is 1. The minimum Gasteiger partial charge on any atom is -0.493 e. The average molecular weight is 436 g/mol. The van der Waals surface area contributed by atoms with Crippen molar-refractivity contribution in [3.63, 3.8) is 0 Å². The molecule has 6 nitrogen and oxygen atoms in total. The predicted octanol–water partition coefficient (Wildman–Crippen LogP) is 4.97. The highest BCUT2D eigenvalue weighted by Gasteiger charge is 2.21. The summed E-state index contributed by atoms with van der Waals surface area (Å²) >= 11 is 0. The number of carbonyl (C=O) groups is 2. The van der Waals surface area contributed by atoms with E-state index >= 15 is 0 Å². The molecule has 32 heavy (non-hydrogen) atoms. The van der Waals surface area contributed by atoms with Crippen LogP contribution in [0.2, 0.25) is 0 Å². The van der Waals surface area contributed by atoms with Gasteiger partial charge in [0.05, 0.1) is 6.61 Å². The molecule has 1 heterocycles. The largest absolute Gasteiger partial charge is 0.493 e. The highest BCUT2D eigenvalue weighted by atomic mass is 16.5. The third kappa shape index (κ3) is 4.85. The Labute approximate surface area is 187 Å². The normalized spacial score (nSPS) is 12.6. The number of nitrogens with one attached hydrogen (secondary N) is 1. The van der Waals surface area contributed by atoms with E-state index in [-0.39, 0.29) is 6.42 Å². The van der Waals surface area contributed by atoms with Crippen LogP contribution in [-0.4, -0.2) is 29.6 Å². The molecule has 0 spiro atoms. The summed E-state index contributed by atoms with van der Waals surface area (Å²) in [5, 5.41) is 13.2. The minimum atomic E-state index is -1.08. The molecule has 0 aliphatic rings. The van der Waals surface area contributed by atoms with E-state index in [1.54, 1.807) is 0 Å². The van der Waals surface area contributed by atoms with Crippen LogP contribution in [0.1, 0.15) is 41.9 Å². The zero-order chi connectivity index (χ0) is 23.4. The lowest BCUT2D eigenvalue weighted by atomic mass is 9.98. The summed E-state index contributed by atoms with van der Waals surface area (Å²) in [6.45, 7) is 10.0. The van der Waals surface area contributed by atoms with Crippen molar-refractivity contribution in [2.75, 3.05) is 6.61 Å². The van der Waals surface area contributed by atoms with Gasteiger partial charge >= 0.3 is 5.97 Å². The highest BCUT2D eigenvalue weighted by Crippen LogP contribution is 2.38. The standard InChI is InChI=1S/C26H29NO5/c1-6-31-24-17(4)25-21(16(3)18(5)32-25)14-20(24)15(2)12-23(28)27-22(26(29)30)13-19-10-8-7-9-11-19/h7-12,14,22H,6,13H2,1-5H3,(H,27,28)(H,29,30)/b15-12+. The number of hydrogen-bond donors (Lipinski definition) is 2. The van der Waals surface area contributed by atoms with Crippen LogP contribution in [-0.2, 0) is 16.0 Å². The minimum absolute atomic E-state index is 0.206. The number of rotatable bonds is 8. The lowest BCUT2D eigenvalue weighted by Crippen LogP contribution is -2.41. The molecule has 0 fully saturated rings. The number of benzene rings is 2. The van der Waals surface area contributed by atoms with Crippen molar-refractivity contribution in [3.05, 3.63) is 70.5 Å². The lowest BCUT2D eigenvalue weighted by molar-refractivity contribution is -0.141. The molecule has 0 radical (unpaired) electrons. The maximum Gasteiger partial charge on any atom is 0.326 e. The van der Waals surface area contributed by atoms with E-state index in [0.717, 1.165) is 39.0 Å². The summed E-state index contributed by atoms with van der Waals surface area (Å²) in [4.78, 5) is 24.4. The Hall–Kier alpha value is -3.54. The number of carbonyl (C=O) groups excluding carboxylic acids is 1. The van der Waals surface area contributed by atoms with E-state index in [9.17, 15) is 14.7 Å². The van der Waals surface area contributed by atoms with Gasteiger partial charge in [0.25, 0.3) is 0 Å². The summed E-state index contributed by atoms with van der Waals surface area (Å²) in [6, 6.07) is 10.2. The molecule has 2 aromatic carbocycles. The molecule has 1 aromatic heterocycles. The van der Waals surface area contributed by atoms with Gasteiger partial charge < -0.3 is 19.6 Å². The lowest BCUT2D eigenvalue weighted by Gasteiger charge is -2.16. The summed E-state index contributed by atoms with van der Waals surface area (Å²) in [7, 11) is 0. The fourth-order valence-electron chi connectivity index (χ4n) is 3.77. The Morgan fingerprint density at radius 2 is 1.84 bits per heavy atom. The van der Waals surface area contributed by atoms with Gasteiger partial charge in [-0.15, -0.1) is 0 Å². The topological polar surface area (TPSA) is 88.8 Å². The summed E-state index contributed by atoms with van der Waals surface area (Å²) in [6.07, 6.45) is 1.63. The van der Waals surface area contributed by atoms with Gasteiger partial charge in [-0.3, -0.25) is 4.79 Å². The molecular weight excluding hydrogens is 406 g/mol. The number of hydrogen-bond acceptors (Lipinski definition) is 4. The van der Waals surface area contributed by atoms with Crippen molar-refractivity contribution in [2.24, 2.45) is 0 Å². The third-order valence-electron chi connectivity index (χ3n) is 5.60. The second-order valence-electron chi connectivity index (χ2n) is 7.89. The molecule has 0 saturated heterocycles. The van der Waals surface area contributed by atoms with Gasteiger partial charge in [0.2, 0.25) is 5.91 Å². The van der Waals surface area contributed by atoms with Crippen LogP contribution in [0.25, 0.3) is 16.5 Å². The van der Waals surface area contributed by atoms with E-state index in [1.165, 1.54) is 6.08 Å². The number of ether oxygens (including phenoxy) is 1. The Morgan fingerprint density at radius 3 is 2.47 bits per heavy atom. The van der Waals surface area contributed by atoms with Crippen LogP contribution < -0.4 is 10.1 Å². The molecule has 6 heteroatoms. The number of aliphatic carboxylic acids is 1. The van der Waals surface area contributed by atoms with Crippen LogP contribution in [0.15, 0.2) is 46.9 Å². The van der Waals surface area contributed by atoms with Gasteiger partial charge in [0.15, 0.2) is 0 Å². The van der Waals surface area contributed by atoms with Crippen molar-refractivity contribution >= 4 is 28.4 Å². The first kappa shape index (κ1) is 23.1. The first-order chi connectivity index (χ1) is 15.2. The zero-order valence-corrected chi connectivity index (χ0v) is 19.1. The first-order valence-corrected chi connectivity index (χ1v) is 10.6. The van der Waals surface area contributed by atoms with Crippen LogP contribution in [0, 0.1) is 20.8 Å². The van der Waals surface area contributed by atoms with Crippen molar-refractivity contribution in [1.82, 2.24) is 5.32 Å². The Bertz CT molecular complexity index is 1170. The Morgan fingerprint density at radius 1 is 1.16 bits per heavy atom. The Balaban J connectivity index is 1.92. The van der Waals surface area contributed by atoms with Gasteiger partial charge in [-0.25, -0.2) is 4.79 Å². The average Bonchev–Trinajstić information content (AvgIpc) is 3.04. The third-order valence-corrected chi connectivity index (χ3v) is 5.60. The number of carboxylic acids is 1. The molecule has 168 valence electrons. The van der Waals surface area contributed by atoms with Gasteiger partial charge in [-0.2, -0.15) is 0 Å². The molecule has 3 rings (SSSR count). The predicted molar refractivity (Wildman–Crippen MR) is 125 cm³/mol. The number of allylic oxidation sites excluding steroid dienone is 1. The molecular formula is C26H29NO5. The van der Waals surface area contributed by atoms with Crippen LogP contribution in [0.4, 0.5) is 0 Å². The summed E-state index contributed by atoms with van der Waals surface area (Å²) in [5.74, 6) is -0.0437. The van der Waals surface area contributed by atoms with Gasteiger partial charge in [-0.05, 0) is 57.4 Å². The molecule has 0 saturated carbocycles. The van der Waals surface area contributed by atoms with Crippen molar-refractivity contribution in [1.29, 1.82) is 0 Å². The zero-order valence-electron chi connectivity index (χ0n) is 19.1. The molecule has 2 N–H and O–H groups in total. The summed E-state index contributed by atoms with van der Waals surface area (Å²) in [5.41, 5.74) is 4.99. The highest BCUT2D eigenvalue weighted by molar-refractivity contribution is 5.99. The summed E-state index contributed by atoms with van der Waals surface area (Å²) < 4.78 is 11.8. The van der Waals surface area contributed by atoms with Crippen LogP contribution in [0.3, 0.4) is 0 Å². The Kier molecular flexibility index (Phi) is 7.03. The number of amides is 1. The van der Waals surface area contributed by atoms with E-state index < -0.39 is 17.9 Å². The van der Waals surface area contributed by atoms with Crippen LogP contribution >= 0.6 is 0 Å². The molecule has 1 atom stereocenters. The van der Waals surface area contributed by atoms with E-state index in [2.05, 4.69) is 5.32 Å². The number of aryl methyl sites for hydroxylation is 3. The van der Waals surface area contributed by atoms with E-state index in [0.29, 0.717) is 17.9 Å². The molecule has 0 aliphatic carbocycles. The quantitative estimate of drug-likeness (QED) is 0.488. The van der Waals surface area contributed by atoms with Crippen LogP contribution in [0.5, 0.6) is 5.75 Å². The maximum atomic E-state index is 12.7. The van der Waals surface area contributed by atoms with Gasteiger partial charge in [-0.1, -0.05) is 30.3 Å². The van der Waals surface area contributed by atoms with Crippen molar-refractivity contribution in [2.45, 2.75) is 47.1 Å². The fraction of sp³-hybridized carbons (Fsp3) is 0.308. The van der Waals surface area contributed by atoms with Crippen molar-refractivity contribution < 1.29 is 23.8 Å². The first-order valence-electron chi connectivity index (χ1n) is 10.6. The van der Waals surface area contributed by atoms with Crippen molar-refractivity contribution in [3.8, 4) is 5.75 Å². The van der Waals surface area contributed by atoms with Gasteiger partial charge in [0.1, 0.15) is 23.1 Å². The number of carboxylic acid groups (broad SMARTS) is 1. The second-order valence-corrected chi connectivity index (χ2v) is 7.89. The molecule has 0 aliphatic heterocycles. The molecule has 3 aromatic rings. The van der Waals surface area contributed by atoms with E-state index in [4.69, 9.17) is 9.15 Å². The SMILES string of the molecule is CCOc1c(/C(C)=C/C(=O)NC(Cc2ccccc2)C(=O)O)cc2c(C)c(C)oc2c1C. The molecule has 0 bridgehead atoms. The maximum absolute atomic E-state index is 12.7. The van der Waals surface area contributed by atoms with Gasteiger partial charge in [0, 0.05) is 29.0 Å². The second kappa shape index (κ2) is 9.73. The molecule has 1 amide bonds.